The van der Waals surface area contributed by atoms with Crippen LogP contribution < -0.4 is 5.32 Å². The van der Waals surface area contributed by atoms with Gasteiger partial charge in [-0.05, 0) is 112 Å². The molecule has 2 aromatic carbocycles. The fourth-order valence-electron chi connectivity index (χ4n) is 6.07. The number of benzene rings is 2. The normalized spacial score (nSPS) is 26.2. The topological polar surface area (TPSA) is 41.6 Å². The van der Waals surface area contributed by atoms with Gasteiger partial charge in [-0.2, -0.15) is 13.2 Å². The second-order valence-electron chi connectivity index (χ2n) is 11.0. The van der Waals surface area contributed by atoms with E-state index in [1.54, 1.807) is 6.92 Å². The van der Waals surface area contributed by atoms with E-state index in [1.807, 2.05) is 12.1 Å². The van der Waals surface area contributed by atoms with E-state index in [0.717, 1.165) is 62.9 Å². The molecule has 0 radical (unpaired) electrons. The highest BCUT2D eigenvalue weighted by Gasteiger charge is 2.54. The van der Waals surface area contributed by atoms with Crippen LogP contribution in [0.4, 0.5) is 22.0 Å². The Balaban J connectivity index is 1.19. The molecule has 2 saturated heterocycles. The van der Waals surface area contributed by atoms with Crippen molar-refractivity contribution in [2.45, 2.75) is 75.2 Å². The predicted octanol–water partition coefficient (Wildman–Crippen LogP) is 6.37. The Morgan fingerprint density at radius 2 is 1.68 bits per heavy atom. The summed E-state index contributed by atoms with van der Waals surface area (Å²) >= 11 is 0. The highest BCUT2D eigenvalue weighted by Crippen LogP contribution is 2.47. The van der Waals surface area contributed by atoms with Crippen molar-refractivity contribution in [3.05, 3.63) is 70.8 Å². The quantitative estimate of drug-likeness (QED) is 0.437. The van der Waals surface area contributed by atoms with E-state index in [4.69, 9.17) is 4.74 Å². The number of hydrogen-bond acceptors (Lipinski definition) is 3. The Bertz CT molecular complexity index is 1130. The highest BCUT2D eigenvalue weighted by atomic mass is 19.4. The average molecular weight is 537 g/mol. The second kappa shape index (κ2) is 10.6. The molecule has 1 aliphatic carbocycles. The van der Waals surface area contributed by atoms with Crippen LogP contribution >= 0.6 is 0 Å². The van der Waals surface area contributed by atoms with Gasteiger partial charge in [0.15, 0.2) is 0 Å². The van der Waals surface area contributed by atoms with Crippen molar-refractivity contribution in [3.63, 3.8) is 0 Å². The number of ether oxygens (including phenoxy) is 1. The molecule has 0 bridgehead atoms. The van der Waals surface area contributed by atoms with Gasteiger partial charge in [-0.1, -0.05) is 12.1 Å². The van der Waals surface area contributed by atoms with Crippen LogP contribution in [0.25, 0.3) is 0 Å². The lowest BCUT2D eigenvalue weighted by Crippen LogP contribution is -2.57. The summed E-state index contributed by atoms with van der Waals surface area (Å²) in [6, 6.07) is 8.47. The average Bonchev–Trinajstić information content (AvgIpc) is 3.74. The second-order valence-corrected chi connectivity index (χ2v) is 11.0. The summed E-state index contributed by atoms with van der Waals surface area (Å²) in [5.74, 6) is -1.08. The summed E-state index contributed by atoms with van der Waals surface area (Å²) in [5, 5.41) is 2.82. The molecule has 1 amide bonds. The molecule has 9 heteroatoms. The molecular weight excluding hydrogens is 503 g/mol. The molecule has 1 N–H and O–H groups in total. The Hall–Kier alpha value is -2.52. The first-order chi connectivity index (χ1) is 18.0. The number of alkyl halides is 3. The zero-order valence-electron chi connectivity index (χ0n) is 21.4. The fraction of sp³-hybridized carbons (Fsp3) is 0.552. The van der Waals surface area contributed by atoms with Gasteiger partial charge in [-0.3, -0.25) is 9.69 Å². The van der Waals surface area contributed by atoms with Crippen molar-refractivity contribution in [2.75, 3.05) is 19.7 Å². The number of amides is 1. The van der Waals surface area contributed by atoms with E-state index in [0.29, 0.717) is 25.0 Å². The third-order valence-corrected chi connectivity index (χ3v) is 8.49. The first-order valence-corrected chi connectivity index (χ1v) is 13.4. The molecule has 0 aromatic heterocycles. The molecule has 3 aliphatic rings. The van der Waals surface area contributed by atoms with Crippen LogP contribution in [0.2, 0.25) is 0 Å². The Kier molecular flexibility index (Phi) is 7.52. The molecule has 1 saturated carbocycles. The number of nitrogens with one attached hydrogen (secondary N) is 1. The van der Waals surface area contributed by atoms with E-state index in [9.17, 15) is 26.7 Å². The smallest absolute Gasteiger partial charge is 0.363 e. The summed E-state index contributed by atoms with van der Waals surface area (Å²) in [4.78, 5) is 15.9. The van der Waals surface area contributed by atoms with Crippen molar-refractivity contribution in [3.8, 4) is 0 Å². The minimum absolute atomic E-state index is 0.0642. The number of piperidine rings is 1. The molecule has 0 unspecified atom stereocenters. The maximum Gasteiger partial charge on any atom is 0.416 e. The summed E-state index contributed by atoms with van der Waals surface area (Å²) in [6.07, 6.45) is 0.336. The summed E-state index contributed by atoms with van der Waals surface area (Å²) in [7, 11) is 0. The van der Waals surface area contributed by atoms with Gasteiger partial charge in [0.2, 0.25) is 0 Å². The maximum atomic E-state index is 13.9. The van der Waals surface area contributed by atoms with Gasteiger partial charge < -0.3 is 10.1 Å². The van der Waals surface area contributed by atoms with Gasteiger partial charge >= 0.3 is 6.18 Å². The van der Waals surface area contributed by atoms with Gasteiger partial charge in [0, 0.05) is 6.04 Å². The van der Waals surface area contributed by atoms with Crippen LogP contribution in [0.15, 0.2) is 42.5 Å². The van der Waals surface area contributed by atoms with Crippen LogP contribution in [0.5, 0.6) is 0 Å². The minimum atomic E-state index is -4.68. The van der Waals surface area contributed by atoms with Crippen LogP contribution in [0.3, 0.4) is 0 Å². The number of rotatable bonds is 6. The summed E-state index contributed by atoms with van der Waals surface area (Å²) in [5.41, 5.74) is -0.859. The summed E-state index contributed by atoms with van der Waals surface area (Å²) < 4.78 is 73.0. The highest BCUT2D eigenvalue weighted by molar-refractivity contribution is 5.86. The third-order valence-electron chi connectivity index (χ3n) is 8.49. The van der Waals surface area contributed by atoms with Crippen LogP contribution in [0.1, 0.15) is 74.1 Å². The molecule has 5 rings (SSSR count). The molecular formula is C29H33F5N2O2. The predicted molar refractivity (Wildman–Crippen MR) is 132 cm³/mol. The van der Waals surface area contributed by atoms with Crippen LogP contribution in [-0.4, -0.2) is 42.1 Å². The van der Waals surface area contributed by atoms with Gasteiger partial charge in [-0.15, -0.1) is 0 Å². The largest absolute Gasteiger partial charge is 0.416 e. The lowest BCUT2D eigenvalue weighted by molar-refractivity contribution is -0.166. The molecule has 2 aliphatic heterocycles. The molecule has 3 fully saturated rings. The number of carbonyl (C=O) groups is 1. The number of carbonyl (C=O) groups excluding carboxylic acids is 1. The Labute approximate surface area is 219 Å². The van der Waals surface area contributed by atoms with Crippen molar-refractivity contribution in [1.82, 2.24) is 10.2 Å². The molecule has 0 spiro atoms. The molecule has 2 heterocycles. The maximum absolute atomic E-state index is 13.9. The number of nitrogens with zero attached hydrogens (tertiary/aromatic N) is 1. The lowest BCUT2D eigenvalue weighted by Gasteiger charge is -2.45. The van der Waals surface area contributed by atoms with E-state index in [1.165, 1.54) is 12.1 Å². The fourth-order valence-corrected chi connectivity index (χ4v) is 6.07. The van der Waals surface area contributed by atoms with E-state index in [-0.39, 0.29) is 29.2 Å². The number of hydrogen-bond donors (Lipinski definition) is 1. The van der Waals surface area contributed by atoms with Crippen molar-refractivity contribution in [1.29, 1.82) is 0 Å². The van der Waals surface area contributed by atoms with Gasteiger partial charge in [0.1, 0.15) is 17.2 Å². The van der Waals surface area contributed by atoms with Gasteiger partial charge in [-0.25, -0.2) is 8.78 Å². The van der Waals surface area contributed by atoms with Crippen molar-refractivity contribution in [2.24, 2.45) is 5.92 Å². The number of halogens is 5. The SMILES string of the molecule is C[C@@H](NC(=O)[C@@]1(C2CC2)CC[C@@H](N2CCC(c3ccc(F)cc3)CC2)CO1)c1cc(F)cc(C(F)(F)F)c1. The van der Waals surface area contributed by atoms with Crippen molar-refractivity contribution >= 4 is 5.91 Å². The Morgan fingerprint density at radius 3 is 2.26 bits per heavy atom. The van der Waals surface area contributed by atoms with E-state index < -0.39 is 29.2 Å². The number of likely N-dealkylation sites (tertiary alicyclic amines) is 1. The monoisotopic (exact) mass is 536 g/mol. The molecule has 2 aromatic rings. The molecule has 4 nitrogen and oxygen atoms in total. The zero-order valence-corrected chi connectivity index (χ0v) is 21.4. The minimum Gasteiger partial charge on any atom is -0.363 e. The first-order valence-electron chi connectivity index (χ1n) is 13.4. The summed E-state index contributed by atoms with van der Waals surface area (Å²) in [6.45, 7) is 3.77. The third kappa shape index (κ3) is 5.73. The zero-order chi connectivity index (χ0) is 27.1. The van der Waals surface area contributed by atoms with E-state index in [2.05, 4.69) is 10.2 Å². The van der Waals surface area contributed by atoms with Crippen LogP contribution in [0, 0.1) is 17.6 Å². The lowest BCUT2D eigenvalue weighted by atomic mass is 9.84. The van der Waals surface area contributed by atoms with Crippen molar-refractivity contribution < 1.29 is 31.5 Å². The molecule has 38 heavy (non-hydrogen) atoms. The Morgan fingerprint density at radius 1 is 1.00 bits per heavy atom. The van der Waals surface area contributed by atoms with Gasteiger partial charge in [0.25, 0.3) is 5.91 Å². The van der Waals surface area contributed by atoms with E-state index >= 15 is 0 Å². The standard InChI is InChI=1S/C29H33F5N2O2/c1-18(21-14-23(29(32,33)34)16-25(31)15-21)35-27(37)28(22-4-5-22)11-8-26(17-38-28)36-12-9-20(10-13-36)19-2-6-24(30)7-3-19/h2-3,6-7,14-16,18,20,22,26H,4-5,8-13,17H2,1H3,(H,35,37)/t18-,26-,28+/m1/s1. The van der Waals surface area contributed by atoms with Crippen LogP contribution in [-0.2, 0) is 15.7 Å². The first kappa shape index (κ1) is 27.1. The molecule has 3 atom stereocenters. The molecule has 206 valence electrons. The van der Waals surface area contributed by atoms with Gasteiger partial charge in [0.05, 0.1) is 18.2 Å².